The van der Waals surface area contributed by atoms with Crippen molar-refractivity contribution in [3.05, 3.63) is 25.3 Å². The average Bonchev–Trinajstić information content (AvgIpc) is 3.73. The van der Waals surface area contributed by atoms with Crippen LogP contribution in [0.2, 0.25) is 0 Å². The Morgan fingerprint density at radius 1 is 0.727 bits per heavy atom. The molecule has 3 aliphatic rings. The smallest absolute Gasteiger partial charge is 0.268 e. The van der Waals surface area contributed by atoms with Crippen LogP contribution in [0, 0.1) is 0 Å². The lowest BCUT2D eigenvalue weighted by atomic mass is 10.1. The second-order valence-corrected chi connectivity index (χ2v) is 12.5. The predicted octanol–water partition coefficient (Wildman–Crippen LogP) is -0.944. The van der Waals surface area contributed by atoms with E-state index in [1.54, 1.807) is 0 Å². The van der Waals surface area contributed by atoms with Crippen molar-refractivity contribution in [3.8, 4) is 0 Å². The maximum Gasteiger partial charge on any atom is 0.268 e. The second-order valence-electron chi connectivity index (χ2n) is 9.81. The lowest BCUT2D eigenvalue weighted by Crippen LogP contribution is -2.36. The molecule has 10 atom stereocenters. The summed E-state index contributed by atoms with van der Waals surface area (Å²) in [5, 5.41) is 0. The number of rotatable bonds is 2. The number of hydrogen-bond donors (Lipinski definition) is 2. The van der Waals surface area contributed by atoms with Crippen molar-refractivity contribution in [1.29, 1.82) is 0 Å². The van der Waals surface area contributed by atoms with Crippen molar-refractivity contribution in [2.75, 3.05) is 24.7 Å². The summed E-state index contributed by atoms with van der Waals surface area (Å²) >= 11 is 0. The van der Waals surface area contributed by atoms with Gasteiger partial charge >= 0.3 is 0 Å². The molecule has 2 unspecified atom stereocenters. The number of nitrogen functional groups attached to an aromatic ring is 2. The van der Waals surface area contributed by atoms with Crippen LogP contribution in [-0.2, 0) is 36.7 Å². The molecule has 4 aromatic rings. The standard InChI is InChI=1S/C20H22F2N10O10P2/c21-9-7-1-37-43(33,34)41-13-8(40-19(10(13)22)31-5-29-11-15(23)25-3-27-17(11)31)2-38-44(35,36)42-14(9)20(39-7)32-6-30-12-16(24)26-4-28-18(12)32/h3-10,13-14,19-20H,1-2H2,(H,33,34)(H,35,36)(H2,23,25,27)(H2,24,26,28)/p-2/t7-,8-,9-,10-,13-,14-,19-,20-/m1/s1. The van der Waals surface area contributed by atoms with Crippen LogP contribution in [0.15, 0.2) is 25.3 Å². The van der Waals surface area contributed by atoms with Gasteiger partial charge in [0.25, 0.3) is 15.6 Å². The van der Waals surface area contributed by atoms with Crippen LogP contribution in [0.3, 0.4) is 0 Å². The maximum absolute atomic E-state index is 15.8. The SMILES string of the molecule is Nc1ncnc2c1ncn2[C@@H]1O[C@@H]2COP(=O)([O-])O[C@@H]3[C@H](F)[C@@H](COP(=O)([O-])O[C@H]2[C@H]1F)O[C@H]3n1cnc2c(N)ncnc21. The summed E-state index contributed by atoms with van der Waals surface area (Å²) in [6.45, 7) is -2.02. The predicted molar refractivity (Wildman–Crippen MR) is 134 cm³/mol. The van der Waals surface area contributed by atoms with Gasteiger partial charge in [0.15, 0.2) is 47.7 Å². The van der Waals surface area contributed by atoms with Crippen molar-refractivity contribution < 1.29 is 55.3 Å². The average molecular weight is 660 g/mol. The van der Waals surface area contributed by atoms with Gasteiger partial charge in [-0.15, -0.1) is 0 Å². The van der Waals surface area contributed by atoms with Crippen LogP contribution >= 0.6 is 15.6 Å². The molecule has 7 rings (SSSR count). The molecule has 3 fully saturated rings. The molecule has 0 aromatic carbocycles. The van der Waals surface area contributed by atoms with Crippen molar-refractivity contribution in [2.45, 2.75) is 49.2 Å². The molecular weight excluding hydrogens is 640 g/mol. The highest BCUT2D eigenvalue weighted by Gasteiger charge is 2.52. The highest BCUT2D eigenvalue weighted by molar-refractivity contribution is 7.46. The molecule has 3 aliphatic heterocycles. The zero-order chi connectivity index (χ0) is 31.0. The first-order valence-corrected chi connectivity index (χ1v) is 15.6. The molecule has 0 spiro atoms. The topological polar surface area (TPSA) is 275 Å². The second kappa shape index (κ2) is 10.7. The van der Waals surface area contributed by atoms with Gasteiger partial charge in [-0.3, -0.25) is 18.3 Å². The summed E-state index contributed by atoms with van der Waals surface area (Å²) in [7, 11) is -10.9. The summed E-state index contributed by atoms with van der Waals surface area (Å²) in [6.07, 6.45) is -10.7. The third-order valence-electron chi connectivity index (χ3n) is 7.15. The zero-order valence-corrected chi connectivity index (χ0v) is 23.6. The van der Waals surface area contributed by atoms with E-state index in [1.165, 1.54) is 0 Å². The van der Waals surface area contributed by atoms with Gasteiger partial charge in [-0.1, -0.05) is 0 Å². The lowest BCUT2D eigenvalue weighted by molar-refractivity contribution is -0.240. The fourth-order valence-electron chi connectivity index (χ4n) is 5.14. The van der Waals surface area contributed by atoms with Crippen molar-refractivity contribution in [3.63, 3.8) is 0 Å². The summed E-state index contributed by atoms with van der Waals surface area (Å²) in [4.78, 5) is 49.5. The largest absolute Gasteiger partial charge is 0.756 e. The van der Waals surface area contributed by atoms with Crippen LogP contribution in [0.4, 0.5) is 20.4 Å². The molecule has 44 heavy (non-hydrogen) atoms. The summed E-state index contributed by atoms with van der Waals surface area (Å²) < 4.78 is 90.6. The molecule has 0 aliphatic carbocycles. The van der Waals surface area contributed by atoms with Gasteiger partial charge in [-0.25, -0.2) is 38.7 Å². The molecule has 24 heteroatoms. The molecule has 0 saturated carbocycles. The number of phosphoric acid groups is 2. The van der Waals surface area contributed by atoms with Gasteiger partial charge in [0.2, 0.25) is 0 Å². The molecule has 4 N–H and O–H groups in total. The van der Waals surface area contributed by atoms with Crippen LogP contribution in [0.1, 0.15) is 12.5 Å². The first kappa shape index (κ1) is 29.4. The summed E-state index contributed by atoms with van der Waals surface area (Å²) in [5.74, 6) is -0.0485. The van der Waals surface area contributed by atoms with Gasteiger partial charge < -0.3 is 48.8 Å². The Kier molecular flexibility index (Phi) is 7.12. The summed E-state index contributed by atoms with van der Waals surface area (Å²) in [5.41, 5.74) is 11.8. The Hall–Kier alpha value is -3.30. The van der Waals surface area contributed by atoms with E-state index in [2.05, 4.69) is 29.9 Å². The Morgan fingerprint density at radius 3 is 1.82 bits per heavy atom. The van der Waals surface area contributed by atoms with E-state index < -0.39 is 78.1 Å². The number of alkyl halides is 2. The van der Waals surface area contributed by atoms with Gasteiger partial charge in [-0.05, 0) is 0 Å². The molecule has 7 heterocycles. The normalized spacial score (nSPS) is 38.3. The number of fused-ring (bicyclic) bond motifs is 5. The highest BCUT2D eigenvalue weighted by atomic mass is 31.2. The van der Waals surface area contributed by atoms with Gasteiger partial charge in [-0.2, -0.15) is 0 Å². The van der Waals surface area contributed by atoms with Crippen molar-refractivity contribution >= 4 is 49.6 Å². The Bertz CT molecular complexity index is 1830. The molecule has 3 saturated heterocycles. The number of aromatic nitrogens is 8. The quantitative estimate of drug-likeness (QED) is 0.245. The molecule has 0 amide bonds. The fourth-order valence-corrected chi connectivity index (χ4v) is 6.99. The van der Waals surface area contributed by atoms with Crippen molar-refractivity contribution in [1.82, 2.24) is 39.0 Å². The van der Waals surface area contributed by atoms with Crippen LogP contribution in [0.5, 0.6) is 0 Å². The summed E-state index contributed by atoms with van der Waals surface area (Å²) in [6, 6.07) is 0. The Labute approximate surface area is 243 Å². The first-order chi connectivity index (χ1) is 20.9. The minimum absolute atomic E-state index is 0.0212. The Morgan fingerprint density at radius 2 is 1.23 bits per heavy atom. The van der Waals surface area contributed by atoms with E-state index in [9.17, 15) is 18.9 Å². The van der Waals surface area contributed by atoms with Gasteiger partial charge in [0.1, 0.15) is 48.1 Å². The third kappa shape index (κ3) is 5.02. The van der Waals surface area contributed by atoms with E-state index in [1.807, 2.05) is 0 Å². The Balaban J connectivity index is 1.20. The number of nitrogens with two attached hydrogens (primary N) is 2. The van der Waals surface area contributed by atoms with Gasteiger partial charge in [0.05, 0.1) is 25.9 Å². The number of hydrogen-bond acceptors (Lipinski definition) is 18. The number of imidazole rings is 2. The van der Waals surface area contributed by atoms with E-state index in [-0.39, 0.29) is 34.0 Å². The van der Waals surface area contributed by atoms with E-state index in [0.717, 1.165) is 34.4 Å². The molecule has 2 bridgehead atoms. The van der Waals surface area contributed by atoms with Crippen molar-refractivity contribution in [2.24, 2.45) is 0 Å². The molecule has 0 radical (unpaired) electrons. The van der Waals surface area contributed by atoms with E-state index >= 15 is 8.78 Å². The first-order valence-electron chi connectivity index (χ1n) is 12.7. The highest BCUT2D eigenvalue weighted by Crippen LogP contribution is 2.51. The number of phosphoric ester groups is 2. The monoisotopic (exact) mass is 660 g/mol. The molecular formula is C20H20F2N10O10P2-2. The molecule has 20 nitrogen and oxygen atoms in total. The van der Waals surface area contributed by atoms with E-state index in [0.29, 0.717) is 0 Å². The van der Waals surface area contributed by atoms with E-state index in [4.69, 9.17) is 39.0 Å². The molecule has 236 valence electrons. The maximum atomic E-state index is 15.8. The van der Waals surface area contributed by atoms with Crippen LogP contribution in [0.25, 0.3) is 22.3 Å². The number of ether oxygens (including phenoxy) is 2. The number of anilines is 2. The third-order valence-corrected chi connectivity index (χ3v) is 9.08. The minimum Gasteiger partial charge on any atom is -0.756 e. The number of halogens is 2. The van der Waals surface area contributed by atoms with Gasteiger partial charge in [0, 0.05) is 0 Å². The fraction of sp³-hybridized carbons (Fsp3) is 0.500. The van der Waals surface area contributed by atoms with Crippen LogP contribution in [-0.4, -0.2) is 89.0 Å². The zero-order valence-electron chi connectivity index (χ0n) is 21.8. The lowest BCUT2D eigenvalue weighted by Gasteiger charge is -2.31. The molecule has 4 aromatic heterocycles. The van der Waals surface area contributed by atoms with Crippen LogP contribution < -0.4 is 21.3 Å². The minimum atomic E-state index is -5.44. The number of nitrogens with zero attached hydrogens (tertiary/aromatic N) is 8.